The highest BCUT2D eigenvalue weighted by Crippen LogP contribution is 2.30. The maximum Gasteiger partial charge on any atom is 0.277 e. The van der Waals surface area contributed by atoms with Gasteiger partial charge < -0.3 is 14.6 Å². The van der Waals surface area contributed by atoms with E-state index in [1.54, 1.807) is 30.3 Å². The van der Waals surface area contributed by atoms with Crippen LogP contribution in [0.3, 0.4) is 0 Å². The molecule has 0 heterocycles. The molecule has 6 nitrogen and oxygen atoms in total. The Morgan fingerprint density at radius 3 is 2.60 bits per heavy atom. The van der Waals surface area contributed by atoms with Gasteiger partial charge in [-0.15, -0.1) is 0 Å². The zero-order valence-corrected chi connectivity index (χ0v) is 18.8. The largest absolute Gasteiger partial charge is 0.506 e. The van der Waals surface area contributed by atoms with Crippen molar-refractivity contribution >= 4 is 73.2 Å². The highest BCUT2D eigenvalue weighted by Gasteiger charge is 2.08. The number of phenols is 1. The Hall–Kier alpha value is -1.08. The first-order chi connectivity index (χ1) is 11.9. The fraction of sp³-hybridized carbons (Fsp3) is 0.125. The lowest BCUT2D eigenvalue weighted by Crippen LogP contribution is -2.24. The lowest BCUT2D eigenvalue weighted by atomic mass is 10.2. The molecule has 0 fully saturated rings. The number of hydrogen-bond acceptors (Lipinski definition) is 5. The van der Waals surface area contributed by atoms with Gasteiger partial charge in [0.1, 0.15) is 5.75 Å². The van der Waals surface area contributed by atoms with Crippen molar-refractivity contribution in [2.45, 2.75) is 0 Å². The van der Waals surface area contributed by atoms with Crippen molar-refractivity contribution in [2.24, 2.45) is 5.10 Å². The highest BCUT2D eigenvalue weighted by atomic mass is 127. The summed E-state index contributed by atoms with van der Waals surface area (Å²) in [4.78, 5) is 11.8. The van der Waals surface area contributed by atoms with Gasteiger partial charge >= 0.3 is 0 Å². The quantitative estimate of drug-likeness (QED) is 0.288. The third-order valence-corrected chi connectivity index (χ3v) is 5.06. The zero-order chi connectivity index (χ0) is 18.4. The average molecular weight is 631 g/mol. The van der Waals surface area contributed by atoms with Crippen LogP contribution in [0.2, 0.25) is 0 Å². The van der Waals surface area contributed by atoms with E-state index < -0.39 is 5.91 Å². The number of aromatic hydroxyl groups is 1. The van der Waals surface area contributed by atoms with Gasteiger partial charge in [0.25, 0.3) is 5.91 Å². The number of nitrogens with zero attached hydrogens (tertiary/aromatic N) is 1. The molecule has 2 aromatic carbocycles. The summed E-state index contributed by atoms with van der Waals surface area (Å²) in [7, 11) is 1.53. The van der Waals surface area contributed by atoms with E-state index >= 15 is 0 Å². The molecule has 0 aliphatic rings. The van der Waals surface area contributed by atoms with Crippen LogP contribution in [0.4, 0.5) is 0 Å². The number of hydrogen-bond donors (Lipinski definition) is 2. The van der Waals surface area contributed by atoms with Gasteiger partial charge in [-0.2, -0.15) is 5.10 Å². The third-order valence-electron chi connectivity index (χ3n) is 2.93. The molecule has 25 heavy (non-hydrogen) atoms. The van der Waals surface area contributed by atoms with E-state index in [1.165, 1.54) is 13.3 Å². The van der Waals surface area contributed by atoms with Gasteiger partial charge in [-0.3, -0.25) is 4.79 Å². The van der Waals surface area contributed by atoms with Gasteiger partial charge in [-0.05, 0) is 81.1 Å². The molecule has 2 rings (SSSR count). The Kier molecular flexibility index (Phi) is 7.75. The van der Waals surface area contributed by atoms with Gasteiger partial charge in [0.05, 0.1) is 20.5 Å². The van der Waals surface area contributed by atoms with Crippen molar-refractivity contribution in [3.8, 4) is 17.2 Å². The summed E-state index contributed by atoms with van der Waals surface area (Å²) in [5.41, 5.74) is 3.16. The number of ether oxygens (including phenoxy) is 2. The second-order valence-corrected chi connectivity index (χ2v) is 7.95. The molecule has 0 aliphatic heterocycles. The minimum Gasteiger partial charge on any atom is -0.506 e. The lowest BCUT2D eigenvalue weighted by Gasteiger charge is -2.10. The van der Waals surface area contributed by atoms with Crippen molar-refractivity contribution in [3.63, 3.8) is 0 Å². The maximum atomic E-state index is 11.8. The first kappa shape index (κ1) is 20.2. The summed E-state index contributed by atoms with van der Waals surface area (Å²) >= 11 is 7.40. The first-order valence-electron chi connectivity index (χ1n) is 6.87. The fourth-order valence-corrected chi connectivity index (χ4v) is 3.93. The molecule has 9 heteroatoms. The molecule has 0 aromatic heterocycles. The lowest BCUT2D eigenvalue weighted by molar-refractivity contribution is -0.123. The van der Waals surface area contributed by atoms with E-state index in [2.05, 4.69) is 26.5 Å². The van der Waals surface area contributed by atoms with Crippen LogP contribution in [0, 0.1) is 7.14 Å². The average Bonchev–Trinajstić information content (AvgIpc) is 2.58. The van der Waals surface area contributed by atoms with Crippen molar-refractivity contribution in [1.29, 1.82) is 0 Å². The number of amides is 1. The standard InChI is InChI=1S/C16H13BrI2N2O4/c1-24-14-6-10(17)2-3-13(14)25-8-15(22)21-20-7-9-4-11(18)16(23)12(19)5-9/h2-7,23H,8H2,1H3,(H,21,22). The second kappa shape index (κ2) is 9.57. The van der Waals surface area contributed by atoms with Crippen LogP contribution in [0.5, 0.6) is 17.2 Å². The van der Waals surface area contributed by atoms with Gasteiger partial charge in [0.15, 0.2) is 18.1 Å². The van der Waals surface area contributed by atoms with Crippen LogP contribution >= 0.6 is 61.1 Å². The molecular weight excluding hydrogens is 618 g/mol. The van der Waals surface area contributed by atoms with E-state index in [0.717, 1.165) is 10.0 Å². The van der Waals surface area contributed by atoms with Crippen LogP contribution in [0.25, 0.3) is 0 Å². The predicted molar refractivity (Wildman–Crippen MR) is 115 cm³/mol. The predicted octanol–water partition coefficient (Wildman–Crippen LogP) is 3.90. The molecule has 0 bridgehead atoms. The Labute approximate surface area is 180 Å². The number of rotatable bonds is 6. The van der Waals surface area contributed by atoms with E-state index in [9.17, 15) is 9.90 Å². The van der Waals surface area contributed by atoms with Gasteiger partial charge in [-0.25, -0.2) is 5.43 Å². The molecule has 0 atom stereocenters. The molecule has 0 radical (unpaired) electrons. The summed E-state index contributed by atoms with van der Waals surface area (Å²) in [6.45, 7) is -0.194. The number of halogens is 3. The molecule has 2 aromatic rings. The molecule has 0 saturated carbocycles. The molecule has 2 N–H and O–H groups in total. The third kappa shape index (κ3) is 5.99. The van der Waals surface area contributed by atoms with Gasteiger partial charge in [-0.1, -0.05) is 15.9 Å². The van der Waals surface area contributed by atoms with Crippen molar-refractivity contribution in [2.75, 3.05) is 13.7 Å². The topological polar surface area (TPSA) is 80.2 Å². The Bertz CT molecular complexity index is 792. The van der Waals surface area contributed by atoms with Gasteiger partial charge in [0.2, 0.25) is 0 Å². The molecular formula is C16H13BrI2N2O4. The molecule has 0 aliphatic carbocycles. The van der Waals surface area contributed by atoms with Crippen molar-refractivity contribution in [3.05, 3.63) is 47.5 Å². The Balaban J connectivity index is 1.91. The maximum absolute atomic E-state index is 11.8. The summed E-state index contributed by atoms with van der Waals surface area (Å²) in [6, 6.07) is 8.77. The normalized spacial score (nSPS) is 10.7. The molecule has 0 unspecified atom stereocenters. The summed E-state index contributed by atoms with van der Waals surface area (Å²) in [5, 5.41) is 13.6. The molecule has 0 spiro atoms. The first-order valence-corrected chi connectivity index (χ1v) is 9.82. The van der Waals surface area contributed by atoms with Crippen LogP contribution in [-0.2, 0) is 4.79 Å². The van der Waals surface area contributed by atoms with Crippen LogP contribution in [0.15, 0.2) is 39.9 Å². The van der Waals surface area contributed by atoms with E-state index in [4.69, 9.17) is 9.47 Å². The molecule has 132 valence electrons. The summed E-state index contributed by atoms with van der Waals surface area (Å²) < 4.78 is 12.9. The minimum atomic E-state index is -0.399. The molecule has 1 amide bonds. The SMILES string of the molecule is COc1cc(Br)ccc1OCC(=O)NN=Cc1cc(I)c(O)c(I)c1. The van der Waals surface area contributed by atoms with Crippen molar-refractivity contribution in [1.82, 2.24) is 5.43 Å². The highest BCUT2D eigenvalue weighted by molar-refractivity contribution is 14.1. The van der Waals surface area contributed by atoms with E-state index in [-0.39, 0.29) is 12.4 Å². The number of methoxy groups -OCH3 is 1. The monoisotopic (exact) mass is 630 g/mol. The molecule has 0 saturated heterocycles. The smallest absolute Gasteiger partial charge is 0.277 e. The van der Waals surface area contributed by atoms with Crippen molar-refractivity contribution < 1.29 is 19.4 Å². The van der Waals surface area contributed by atoms with Crippen LogP contribution in [-0.4, -0.2) is 30.9 Å². The Morgan fingerprint density at radius 2 is 1.96 bits per heavy atom. The number of carbonyl (C=O) groups excluding carboxylic acids is 1. The number of phenolic OH excluding ortho intramolecular Hbond substituents is 1. The number of hydrazone groups is 1. The fourth-order valence-electron chi connectivity index (χ4n) is 1.77. The zero-order valence-electron chi connectivity index (χ0n) is 12.9. The number of nitrogens with one attached hydrogen (secondary N) is 1. The Morgan fingerprint density at radius 1 is 1.28 bits per heavy atom. The van der Waals surface area contributed by atoms with E-state index in [0.29, 0.717) is 18.6 Å². The van der Waals surface area contributed by atoms with Crippen LogP contribution < -0.4 is 14.9 Å². The summed E-state index contributed by atoms with van der Waals surface area (Å²) in [6.07, 6.45) is 1.50. The second-order valence-electron chi connectivity index (χ2n) is 4.71. The summed E-state index contributed by atoms with van der Waals surface area (Å²) in [5.74, 6) is 0.829. The number of carbonyl (C=O) groups is 1. The van der Waals surface area contributed by atoms with Gasteiger partial charge in [0, 0.05) is 4.47 Å². The number of benzene rings is 2. The van der Waals surface area contributed by atoms with E-state index in [1.807, 2.05) is 45.2 Å². The van der Waals surface area contributed by atoms with Crippen LogP contribution in [0.1, 0.15) is 5.56 Å². The minimum absolute atomic E-state index is 0.194.